The summed E-state index contributed by atoms with van der Waals surface area (Å²) < 4.78 is 24.1. The van der Waals surface area contributed by atoms with Gasteiger partial charge < -0.3 is 24.7 Å². The number of amidine groups is 1. The summed E-state index contributed by atoms with van der Waals surface area (Å²) in [4.78, 5) is 8.96. The van der Waals surface area contributed by atoms with Crippen molar-refractivity contribution in [2.75, 3.05) is 19.8 Å². The number of hydrogen-bond acceptors (Lipinski definition) is 7. The van der Waals surface area contributed by atoms with Gasteiger partial charge in [-0.05, 0) is 43.5 Å². The van der Waals surface area contributed by atoms with Crippen molar-refractivity contribution in [2.24, 2.45) is 10.7 Å². The molecule has 0 aliphatic carbocycles. The normalized spacial score (nSPS) is 29.5. The highest BCUT2D eigenvalue weighted by molar-refractivity contribution is 6.30. The highest BCUT2D eigenvalue weighted by Crippen LogP contribution is 2.49. The summed E-state index contributed by atoms with van der Waals surface area (Å²) in [5, 5.41) is 0.581. The number of fused-ring (bicyclic) bond motifs is 4. The smallest absolute Gasteiger partial charge is 0.283 e. The van der Waals surface area contributed by atoms with Gasteiger partial charge in [0, 0.05) is 30.1 Å². The van der Waals surface area contributed by atoms with Gasteiger partial charge in [0.1, 0.15) is 24.6 Å². The third kappa shape index (κ3) is 3.31. The summed E-state index contributed by atoms with van der Waals surface area (Å²) in [5.74, 6) is 0.781. The van der Waals surface area contributed by atoms with Gasteiger partial charge in [0.2, 0.25) is 0 Å². The first-order chi connectivity index (χ1) is 14.6. The maximum absolute atomic E-state index is 6.47. The molecule has 4 heterocycles. The van der Waals surface area contributed by atoms with E-state index in [-0.39, 0.29) is 24.3 Å². The van der Waals surface area contributed by atoms with E-state index in [9.17, 15) is 0 Å². The van der Waals surface area contributed by atoms with Crippen LogP contribution in [0.25, 0.3) is 11.1 Å². The molecule has 0 radical (unpaired) electrons. The largest absolute Gasteiger partial charge is 0.487 e. The summed E-state index contributed by atoms with van der Waals surface area (Å²) in [6, 6.07) is 8.09. The summed E-state index contributed by atoms with van der Waals surface area (Å²) in [6.07, 6.45) is 4.70. The Morgan fingerprint density at radius 1 is 1.23 bits per heavy atom. The Balaban J connectivity index is 1.57. The van der Waals surface area contributed by atoms with Crippen molar-refractivity contribution in [3.63, 3.8) is 0 Å². The summed E-state index contributed by atoms with van der Waals surface area (Å²) in [7, 11) is 0. The van der Waals surface area contributed by atoms with E-state index in [4.69, 9.17) is 41.3 Å². The molecule has 0 saturated carbocycles. The molecule has 2 aromatic rings. The number of rotatable bonds is 4. The molecule has 0 amide bonds. The van der Waals surface area contributed by atoms with Gasteiger partial charge in [-0.2, -0.15) is 0 Å². The molecule has 3 aliphatic heterocycles. The first kappa shape index (κ1) is 19.6. The second kappa shape index (κ2) is 7.72. The predicted octanol–water partition coefficient (Wildman–Crippen LogP) is 3.29. The molecule has 7 nitrogen and oxygen atoms in total. The molecule has 0 bridgehead atoms. The average Bonchev–Trinajstić information content (AvgIpc) is 3.15. The van der Waals surface area contributed by atoms with Crippen molar-refractivity contribution < 1.29 is 18.9 Å². The van der Waals surface area contributed by atoms with Crippen LogP contribution in [0.4, 0.5) is 0 Å². The van der Waals surface area contributed by atoms with Gasteiger partial charge in [-0.1, -0.05) is 17.7 Å². The number of ether oxygens (including phenoxy) is 4. The lowest BCUT2D eigenvalue weighted by atomic mass is 9.77. The minimum absolute atomic E-state index is 0.00874. The monoisotopic (exact) mass is 429 g/mol. The van der Waals surface area contributed by atoms with Gasteiger partial charge in [0.05, 0.1) is 17.7 Å². The standard InChI is InChI=1S/C22H24ClN3O4/c1-2-27-11-16-4-6-19-20(29-16)22(12-28-21(24)26-22)17-8-13(3-5-18(17)30-19)14-7-15(23)10-25-9-14/h3,5,7-10,16,19-20H,2,4,6,11-12H2,1H3,(H2,24,26)/t16?,19?,20-,22?/m0/s1. The van der Waals surface area contributed by atoms with E-state index < -0.39 is 5.54 Å². The Kier molecular flexibility index (Phi) is 5.05. The molecule has 1 aromatic carbocycles. The molecule has 5 rings (SSSR count). The highest BCUT2D eigenvalue weighted by atomic mass is 35.5. The summed E-state index contributed by atoms with van der Waals surface area (Å²) in [6.45, 7) is 3.50. The number of nitrogens with two attached hydrogens (primary N) is 1. The van der Waals surface area contributed by atoms with E-state index in [1.54, 1.807) is 12.4 Å². The number of aromatic nitrogens is 1. The lowest BCUT2D eigenvalue weighted by Gasteiger charge is -2.47. The molecule has 8 heteroatoms. The van der Waals surface area contributed by atoms with Crippen LogP contribution in [0.2, 0.25) is 5.02 Å². The van der Waals surface area contributed by atoms with Crippen LogP contribution < -0.4 is 10.5 Å². The minimum Gasteiger partial charge on any atom is -0.487 e. The lowest BCUT2D eigenvalue weighted by molar-refractivity contribution is -0.167. The number of halogens is 1. The summed E-state index contributed by atoms with van der Waals surface area (Å²) >= 11 is 6.15. The number of pyridine rings is 1. The molecule has 1 spiro atoms. The molecule has 3 unspecified atom stereocenters. The zero-order valence-electron chi connectivity index (χ0n) is 16.7. The Bertz CT molecular complexity index is 985. The van der Waals surface area contributed by atoms with Crippen LogP contribution >= 0.6 is 11.6 Å². The molecule has 30 heavy (non-hydrogen) atoms. The van der Waals surface area contributed by atoms with Crippen LogP contribution in [0.3, 0.4) is 0 Å². The van der Waals surface area contributed by atoms with Crippen LogP contribution in [0.15, 0.2) is 41.7 Å². The summed E-state index contributed by atoms with van der Waals surface area (Å²) in [5.41, 5.74) is 8.01. The number of nitrogens with zero attached hydrogens (tertiary/aromatic N) is 2. The Morgan fingerprint density at radius 2 is 2.13 bits per heavy atom. The molecule has 1 aromatic heterocycles. The molecule has 1 saturated heterocycles. The minimum atomic E-state index is -0.755. The van der Waals surface area contributed by atoms with Crippen LogP contribution in [0.5, 0.6) is 5.75 Å². The molecule has 158 valence electrons. The van der Waals surface area contributed by atoms with E-state index in [1.165, 1.54) is 0 Å². The van der Waals surface area contributed by atoms with E-state index >= 15 is 0 Å². The van der Waals surface area contributed by atoms with Crippen molar-refractivity contribution >= 4 is 17.6 Å². The first-order valence-electron chi connectivity index (χ1n) is 10.2. The highest BCUT2D eigenvalue weighted by Gasteiger charge is 2.56. The quantitative estimate of drug-likeness (QED) is 0.802. The maximum Gasteiger partial charge on any atom is 0.283 e. The Hall–Kier alpha value is -2.35. The maximum atomic E-state index is 6.47. The number of aliphatic imine (C=N–C) groups is 1. The second-order valence-corrected chi connectivity index (χ2v) is 8.27. The van der Waals surface area contributed by atoms with Gasteiger partial charge in [0.15, 0.2) is 5.54 Å². The fourth-order valence-corrected chi connectivity index (χ4v) is 4.72. The van der Waals surface area contributed by atoms with Gasteiger partial charge in [-0.15, -0.1) is 0 Å². The zero-order chi connectivity index (χ0) is 20.7. The molecule has 3 aliphatic rings. The molecule has 2 N–H and O–H groups in total. The SMILES string of the molecule is CCOCC1CCC2Oc3ccc(-c4cncc(Cl)c4)cc3C3(COC(N)=N3)[C@H]2O1. The fourth-order valence-electron chi connectivity index (χ4n) is 4.54. The van der Waals surface area contributed by atoms with Crippen molar-refractivity contribution in [3.8, 4) is 16.9 Å². The molecular formula is C22H24ClN3O4. The first-order valence-corrected chi connectivity index (χ1v) is 10.6. The van der Waals surface area contributed by atoms with Crippen molar-refractivity contribution in [3.05, 3.63) is 47.2 Å². The van der Waals surface area contributed by atoms with E-state index in [0.29, 0.717) is 24.8 Å². The van der Waals surface area contributed by atoms with Crippen LogP contribution in [0.1, 0.15) is 25.3 Å². The van der Waals surface area contributed by atoms with Gasteiger partial charge >= 0.3 is 0 Å². The molecule has 4 atom stereocenters. The third-order valence-corrected chi connectivity index (χ3v) is 6.15. The van der Waals surface area contributed by atoms with E-state index in [0.717, 1.165) is 35.3 Å². The van der Waals surface area contributed by atoms with Gasteiger partial charge in [0.25, 0.3) is 6.02 Å². The fraction of sp³-hybridized carbons (Fsp3) is 0.455. The molecular weight excluding hydrogens is 406 g/mol. The number of benzene rings is 1. The topological polar surface area (TPSA) is 88.2 Å². The van der Waals surface area contributed by atoms with Crippen LogP contribution in [-0.2, 0) is 19.7 Å². The van der Waals surface area contributed by atoms with E-state index in [2.05, 4.69) is 11.1 Å². The van der Waals surface area contributed by atoms with Crippen LogP contribution in [-0.4, -0.2) is 49.1 Å². The zero-order valence-corrected chi connectivity index (χ0v) is 17.5. The second-order valence-electron chi connectivity index (χ2n) is 7.84. The predicted molar refractivity (Wildman–Crippen MR) is 113 cm³/mol. The lowest BCUT2D eigenvalue weighted by Crippen LogP contribution is -2.57. The van der Waals surface area contributed by atoms with Gasteiger partial charge in [-0.3, -0.25) is 4.98 Å². The third-order valence-electron chi connectivity index (χ3n) is 5.94. The Labute approximate surface area is 180 Å². The van der Waals surface area contributed by atoms with Gasteiger partial charge in [-0.25, -0.2) is 4.99 Å². The van der Waals surface area contributed by atoms with Crippen LogP contribution in [0, 0.1) is 0 Å². The van der Waals surface area contributed by atoms with E-state index in [1.807, 2.05) is 25.1 Å². The number of hydrogen-bond donors (Lipinski definition) is 1. The van der Waals surface area contributed by atoms with Crippen molar-refractivity contribution in [1.29, 1.82) is 0 Å². The molecule has 1 fully saturated rings. The van der Waals surface area contributed by atoms with Crippen molar-refractivity contribution in [1.82, 2.24) is 4.98 Å². The average molecular weight is 430 g/mol. The van der Waals surface area contributed by atoms with Crippen molar-refractivity contribution in [2.45, 2.75) is 43.6 Å². The Morgan fingerprint density at radius 3 is 2.90 bits per heavy atom.